The van der Waals surface area contributed by atoms with Gasteiger partial charge in [0.05, 0.1) is 0 Å². The SMILES string of the molecule is O=S(=O)(O)O.[AlH3].[Fe].[H-]. The molecule has 0 unspecified atom stereocenters. The van der Waals surface area contributed by atoms with E-state index in [2.05, 4.69) is 0 Å². The fourth-order valence-electron chi connectivity index (χ4n) is 0. The standard InChI is InChI=1S/Al.Fe.H2O4S.4H/c;;1-5(2,3)4;;;;/h;;(H2,1,2,3,4);;;;/q;;;;;;-1. The van der Waals surface area contributed by atoms with Gasteiger partial charge in [-0.3, -0.25) is 9.11 Å². The van der Waals surface area contributed by atoms with Gasteiger partial charge in [0.15, 0.2) is 17.4 Å². The Kier molecular flexibility index (Phi) is 11.3. The predicted octanol–water partition coefficient (Wildman–Crippen LogP) is -1.73. The molecule has 0 fully saturated rings. The van der Waals surface area contributed by atoms with Crippen LogP contribution in [-0.4, -0.2) is 34.9 Å². The van der Waals surface area contributed by atoms with Crippen molar-refractivity contribution in [1.29, 1.82) is 0 Å². The third-order valence-corrected chi connectivity index (χ3v) is 0. The summed E-state index contributed by atoms with van der Waals surface area (Å²) in [5.41, 5.74) is 0. The minimum absolute atomic E-state index is 0. The van der Waals surface area contributed by atoms with E-state index >= 15 is 0 Å². The quantitative estimate of drug-likeness (QED) is 0.347. The maximum absolute atomic E-state index is 8.74. The zero-order valence-corrected chi connectivity index (χ0v) is 4.39. The topological polar surface area (TPSA) is 74.6 Å². The summed E-state index contributed by atoms with van der Waals surface area (Å²) in [5.74, 6) is 0. The summed E-state index contributed by atoms with van der Waals surface area (Å²) >= 11 is 0. The molecule has 0 heterocycles. The molecule has 0 amide bonds. The minimum atomic E-state index is -4.67. The van der Waals surface area contributed by atoms with Crippen LogP contribution in [0.5, 0.6) is 0 Å². The van der Waals surface area contributed by atoms with Crippen LogP contribution in [0, 0.1) is 0 Å². The van der Waals surface area contributed by atoms with Gasteiger partial charge in [-0.1, -0.05) is 0 Å². The molecule has 4 nitrogen and oxygen atoms in total. The van der Waals surface area contributed by atoms with Crippen LogP contribution < -0.4 is 0 Å². The Morgan fingerprint density at radius 3 is 1.29 bits per heavy atom. The van der Waals surface area contributed by atoms with E-state index in [-0.39, 0.29) is 35.9 Å². The summed E-state index contributed by atoms with van der Waals surface area (Å²) in [5, 5.41) is 0. The second-order valence-corrected chi connectivity index (χ2v) is 1.34. The molecular weight excluding hydrogens is 179 g/mol. The molecule has 0 aliphatic rings. The van der Waals surface area contributed by atoms with E-state index in [0.29, 0.717) is 0 Å². The monoisotopic (exact) mass is 185 g/mol. The van der Waals surface area contributed by atoms with Crippen LogP contribution in [0.4, 0.5) is 0 Å². The molecule has 0 rings (SSSR count). The van der Waals surface area contributed by atoms with Gasteiger partial charge in [0.25, 0.3) is 0 Å². The van der Waals surface area contributed by atoms with E-state index in [1.165, 1.54) is 0 Å². The molecule has 0 aromatic heterocycles. The van der Waals surface area contributed by atoms with Crippen LogP contribution in [-0.2, 0) is 27.5 Å². The summed E-state index contributed by atoms with van der Waals surface area (Å²) < 4.78 is 31.6. The van der Waals surface area contributed by atoms with Crippen LogP contribution in [0.3, 0.4) is 0 Å². The van der Waals surface area contributed by atoms with Crippen molar-refractivity contribution in [3.63, 3.8) is 0 Å². The van der Waals surface area contributed by atoms with Crippen LogP contribution in [0.2, 0.25) is 0 Å². The van der Waals surface area contributed by atoms with Crippen molar-refractivity contribution >= 4 is 27.8 Å². The van der Waals surface area contributed by atoms with Gasteiger partial charge in [-0.15, -0.1) is 0 Å². The fraction of sp³-hybridized carbons (Fsp3) is 0. The van der Waals surface area contributed by atoms with Gasteiger partial charge in [0, 0.05) is 17.1 Å². The van der Waals surface area contributed by atoms with Crippen molar-refractivity contribution in [2.45, 2.75) is 0 Å². The van der Waals surface area contributed by atoms with Gasteiger partial charge in [-0.2, -0.15) is 8.42 Å². The largest absolute Gasteiger partial charge is 1.00 e. The van der Waals surface area contributed by atoms with Crippen molar-refractivity contribution in [2.24, 2.45) is 0 Å². The first-order valence-corrected chi connectivity index (χ1v) is 2.10. The molecule has 2 N–H and O–H groups in total. The van der Waals surface area contributed by atoms with E-state index in [1.54, 1.807) is 0 Å². The average Bonchev–Trinajstić information content (AvgIpc) is 0.722. The molecule has 0 saturated heterocycles. The Labute approximate surface area is 64.0 Å². The van der Waals surface area contributed by atoms with Crippen LogP contribution in [0.1, 0.15) is 1.43 Å². The van der Waals surface area contributed by atoms with Crippen molar-refractivity contribution < 1.29 is 36.0 Å². The molecule has 0 atom stereocenters. The smallest absolute Gasteiger partial charge is 0.394 e. The Morgan fingerprint density at radius 2 is 1.29 bits per heavy atom. The summed E-state index contributed by atoms with van der Waals surface area (Å²) in [6.45, 7) is 0. The average molecular weight is 185 g/mol. The fourth-order valence-corrected chi connectivity index (χ4v) is 0. The Hall–Kier alpha value is 0.922. The van der Waals surface area contributed by atoms with Gasteiger partial charge in [0.1, 0.15) is 0 Å². The molecule has 0 aliphatic heterocycles. The zero-order chi connectivity index (χ0) is 4.50. The second kappa shape index (κ2) is 5.07. The number of hydrogen-bond donors (Lipinski definition) is 2. The molecule has 0 aromatic carbocycles. The van der Waals surface area contributed by atoms with Gasteiger partial charge >= 0.3 is 10.4 Å². The molecular formula is H6AlFeO4S-. The molecule has 0 bridgehead atoms. The molecule has 0 aliphatic carbocycles. The molecule has 0 spiro atoms. The Bertz CT molecular complexity index is 99.2. The van der Waals surface area contributed by atoms with Crippen molar-refractivity contribution in [3.8, 4) is 0 Å². The third-order valence-electron chi connectivity index (χ3n) is 0. The summed E-state index contributed by atoms with van der Waals surface area (Å²) in [7, 11) is -4.67. The zero-order valence-electron chi connectivity index (χ0n) is 3.47. The summed E-state index contributed by atoms with van der Waals surface area (Å²) in [4.78, 5) is 0. The van der Waals surface area contributed by atoms with E-state index < -0.39 is 10.4 Å². The molecule has 7 heavy (non-hydrogen) atoms. The first kappa shape index (κ1) is 15.7. The van der Waals surface area contributed by atoms with Gasteiger partial charge in [-0.05, 0) is 0 Å². The van der Waals surface area contributed by atoms with E-state index in [0.717, 1.165) is 0 Å². The van der Waals surface area contributed by atoms with Crippen molar-refractivity contribution in [3.05, 3.63) is 0 Å². The second-order valence-electron chi connectivity index (χ2n) is 0.448. The first-order chi connectivity index (χ1) is 2.00. The Balaban J connectivity index is -0.0000000267. The molecule has 48 valence electrons. The molecule has 0 radical (unpaired) electrons. The maximum atomic E-state index is 8.74. The molecule has 0 saturated carbocycles. The van der Waals surface area contributed by atoms with E-state index in [9.17, 15) is 0 Å². The van der Waals surface area contributed by atoms with E-state index in [4.69, 9.17) is 17.5 Å². The summed E-state index contributed by atoms with van der Waals surface area (Å²) in [6, 6.07) is 0. The normalized spacial score (nSPS) is 8.29. The minimum Gasteiger partial charge on any atom is -1.00 e. The molecule has 7 heteroatoms. The summed E-state index contributed by atoms with van der Waals surface area (Å²) in [6.07, 6.45) is 0. The van der Waals surface area contributed by atoms with Gasteiger partial charge in [0.2, 0.25) is 0 Å². The van der Waals surface area contributed by atoms with Crippen molar-refractivity contribution in [1.82, 2.24) is 0 Å². The Morgan fingerprint density at radius 1 is 1.29 bits per heavy atom. The van der Waals surface area contributed by atoms with Crippen LogP contribution in [0.15, 0.2) is 0 Å². The number of rotatable bonds is 0. The first-order valence-electron chi connectivity index (χ1n) is 0.698. The third kappa shape index (κ3) is 197. The maximum Gasteiger partial charge on any atom is 0.394 e. The van der Waals surface area contributed by atoms with Crippen LogP contribution in [0.25, 0.3) is 0 Å². The van der Waals surface area contributed by atoms with Crippen molar-refractivity contribution in [2.75, 3.05) is 0 Å². The predicted molar refractivity (Wildman–Crippen MR) is 25.2 cm³/mol. The number of hydrogen-bond acceptors (Lipinski definition) is 2. The van der Waals surface area contributed by atoms with Gasteiger partial charge in [-0.25, -0.2) is 0 Å². The van der Waals surface area contributed by atoms with E-state index in [1.807, 2.05) is 0 Å². The van der Waals surface area contributed by atoms with Gasteiger partial charge < -0.3 is 1.43 Å². The van der Waals surface area contributed by atoms with Crippen LogP contribution >= 0.6 is 0 Å². The molecule has 0 aromatic rings.